The highest BCUT2D eigenvalue weighted by molar-refractivity contribution is 6.16. The van der Waals surface area contributed by atoms with Gasteiger partial charge in [0.1, 0.15) is 11.6 Å². The van der Waals surface area contributed by atoms with Gasteiger partial charge in [-0.25, -0.2) is 0 Å². The molecule has 1 aliphatic rings. The fourth-order valence-corrected chi connectivity index (χ4v) is 2.97. The molecule has 0 unspecified atom stereocenters. The third-order valence-corrected chi connectivity index (χ3v) is 4.05. The average Bonchev–Trinajstić information content (AvgIpc) is 2.73. The molecule has 0 bridgehead atoms. The van der Waals surface area contributed by atoms with Crippen molar-refractivity contribution in [3.05, 3.63) is 11.6 Å². The molecule has 1 heterocycles. The van der Waals surface area contributed by atoms with Crippen LogP contribution in [-0.2, 0) is 5.88 Å². The van der Waals surface area contributed by atoms with Crippen LogP contribution in [0.5, 0.6) is 0 Å². The molecule has 2 rings (SSSR count). The first-order valence-electron chi connectivity index (χ1n) is 6.63. The highest BCUT2D eigenvalue weighted by Crippen LogP contribution is 2.35. The number of rotatable bonds is 3. The van der Waals surface area contributed by atoms with E-state index in [2.05, 4.69) is 35.5 Å². The van der Waals surface area contributed by atoms with E-state index in [0.717, 1.165) is 17.6 Å². The number of nitrogens with zero attached hydrogens (tertiary/aromatic N) is 3. The molecule has 0 aromatic carbocycles. The first kappa shape index (κ1) is 12.9. The summed E-state index contributed by atoms with van der Waals surface area (Å²) >= 11 is 5.93. The number of hydrogen-bond acceptors (Lipinski definition) is 2. The molecule has 0 saturated heterocycles. The van der Waals surface area contributed by atoms with E-state index in [1.54, 1.807) is 0 Å². The molecule has 0 radical (unpaired) electrons. The lowest BCUT2D eigenvalue weighted by molar-refractivity contribution is 0.329. The molecule has 1 saturated carbocycles. The lowest BCUT2D eigenvalue weighted by Gasteiger charge is -2.26. The van der Waals surface area contributed by atoms with Gasteiger partial charge < -0.3 is 4.57 Å². The number of halogens is 1. The molecular weight excluding hydrogens is 234 g/mol. The summed E-state index contributed by atoms with van der Waals surface area (Å²) in [6.07, 6.45) is 5.11. The van der Waals surface area contributed by atoms with E-state index in [1.807, 2.05) is 0 Å². The Morgan fingerprint density at radius 1 is 1.24 bits per heavy atom. The van der Waals surface area contributed by atoms with Crippen LogP contribution in [0.1, 0.15) is 70.1 Å². The van der Waals surface area contributed by atoms with Crippen molar-refractivity contribution in [2.24, 2.45) is 5.92 Å². The van der Waals surface area contributed by atoms with Gasteiger partial charge in [-0.1, -0.05) is 19.8 Å². The smallest absolute Gasteiger partial charge is 0.148 e. The molecule has 0 aliphatic heterocycles. The Kier molecular flexibility index (Phi) is 4.08. The van der Waals surface area contributed by atoms with Crippen LogP contribution in [0, 0.1) is 5.92 Å². The van der Waals surface area contributed by atoms with Crippen molar-refractivity contribution < 1.29 is 0 Å². The lowest BCUT2D eigenvalue weighted by Crippen LogP contribution is -2.17. The molecule has 1 aliphatic carbocycles. The van der Waals surface area contributed by atoms with Gasteiger partial charge >= 0.3 is 0 Å². The van der Waals surface area contributed by atoms with Crippen LogP contribution in [0.4, 0.5) is 0 Å². The fourth-order valence-electron chi connectivity index (χ4n) is 2.79. The Hall–Kier alpha value is -0.570. The van der Waals surface area contributed by atoms with Crippen molar-refractivity contribution >= 4 is 11.6 Å². The SMILES string of the molecule is CC1CCC(c2nnc(CCl)n2C(C)C)CC1. The van der Waals surface area contributed by atoms with E-state index in [9.17, 15) is 0 Å². The van der Waals surface area contributed by atoms with Crippen LogP contribution in [0.3, 0.4) is 0 Å². The largest absolute Gasteiger partial charge is 0.311 e. The zero-order valence-electron chi connectivity index (χ0n) is 11.0. The number of alkyl halides is 1. The maximum atomic E-state index is 5.93. The van der Waals surface area contributed by atoms with Crippen LogP contribution in [-0.4, -0.2) is 14.8 Å². The maximum Gasteiger partial charge on any atom is 0.148 e. The van der Waals surface area contributed by atoms with Crippen molar-refractivity contribution in [1.82, 2.24) is 14.8 Å². The Morgan fingerprint density at radius 2 is 1.88 bits per heavy atom. The molecule has 1 aromatic heterocycles. The van der Waals surface area contributed by atoms with Crippen LogP contribution in [0.2, 0.25) is 0 Å². The highest BCUT2D eigenvalue weighted by Gasteiger charge is 2.26. The minimum absolute atomic E-state index is 0.396. The van der Waals surface area contributed by atoms with Gasteiger partial charge in [-0.2, -0.15) is 0 Å². The highest BCUT2D eigenvalue weighted by atomic mass is 35.5. The predicted molar refractivity (Wildman–Crippen MR) is 70.3 cm³/mol. The van der Waals surface area contributed by atoms with Gasteiger partial charge in [0.25, 0.3) is 0 Å². The Morgan fingerprint density at radius 3 is 2.41 bits per heavy atom. The Bertz CT molecular complexity index is 365. The van der Waals surface area contributed by atoms with Crippen molar-refractivity contribution in [3.8, 4) is 0 Å². The summed E-state index contributed by atoms with van der Waals surface area (Å²) in [5, 5.41) is 8.62. The minimum Gasteiger partial charge on any atom is -0.311 e. The Balaban J connectivity index is 2.23. The Labute approximate surface area is 109 Å². The molecular formula is C13H22ClN3. The summed E-state index contributed by atoms with van der Waals surface area (Å²) in [6.45, 7) is 6.69. The molecule has 0 N–H and O–H groups in total. The van der Waals surface area contributed by atoms with Gasteiger partial charge in [-0.05, 0) is 32.6 Å². The maximum absolute atomic E-state index is 5.93. The van der Waals surface area contributed by atoms with Gasteiger partial charge in [-0.15, -0.1) is 21.8 Å². The van der Waals surface area contributed by atoms with Crippen molar-refractivity contribution in [3.63, 3.8) is 0 Å². The van der Waals surface area contributed by atoms with Gasteiger partial charge in [0.15, 0.2) is 0 Å². The summed E-state index contributed by atoms with van der Waals surface area (Å²) in [4.78, 5) is 0. The van der Waals surface area contributed by atoms with E-state index >= 15 is 0 Å². The third-order valence-electron chi connectivity index (χ3n) is 3.81. The second-order valence-electron chi connectivity index (χ2n) is 5.53. The lowest BCUT2D eigenvalue weighted by atomic mass is 9.82. The zero-order chi connectivity index (χ0) is 12.4. The molecule has 0 amide bonds. The summed E-state index contributed by atoms with van der Waals surface area (Å²) in [5.41, 5.74) is 0. The second kappa shape index (κ2) is 5.38. The quantitative estimate of drug-likeness (QED) is 0.767. The van der Waals surface area contributed by atoms with Gasteiger partial charge in [-0.3, -0.25) is 0 Å². The van der Waals surface area contributed by atoms with E-state index < -0.39 is 0 Å². The van der Waals surface area contributed by atoms with E-state index in [-0.39, 0.29) is 0 Å². The van der Waals surface area contributed by atoms with Crippen LogP contribution < -0.4 is 0 Å². The van der Waals surface area contributed by atoms with E-state index in [0.29, 0.717) is 17.8 Å². The minimum atomic E-state index is 0.396. The second-order valence-corrected chi connectivity index (χ2v) is 5.80. The van der Waals surface area contributed by atoms with Gasteiger partial charge in [0, 0.05) is 12.0 Å². The first-order valence-corrected chi connectivity index (χ1v) is 7.16. The molecule has 1 fully saturated rings. The number of aromatic nitrogens is 3. The normalized spacial score (nSPS) is 25.5. The summed E-state index contributed by atoms with van der Waals surface area (Å²) < 4.78 is 2.23. The van der Waals surface area contributed by atoms with Crippen molar-refractivity contribution in [1.29, 1.82) is 0 Å². The molecule has 1 aromatic rings. The fraction of sp³-hybridized carbons (Fsp3) is 0.846. The predicted octanol–water partition coefficient (Wildman–Crippen LogP) is 3.89. The molecule has 0 spiro atoms. The monoisotopic (exact) mass is 255 g/mol. The van der Waals surface area contributed by atoms with Crippen LogP contribution in [0.25, 0.3) is 0 Å². The van der Waals surface area contributed by atoms with Crippen molar-refractivity contribution in [2.75, 3.05) is 0 Å². The van der Waals surface area contributed by atoms with Gasteiger partial charge in [0.05, 0.1) is 5.88 Å². The standard InChI is InChI=1S/C13H22ClN3/c1-9(2)17-12(8-14)15-16-13(17)11-6-4-10(3)5-7-11/h9-11H,4-8H2,1-3H3. The topological polar surface area (TPSA) is 30.7 Å². The third kappa shape index (κ3) is 2.65. The van der Waals surface area contributed by atoms with Crippen LogP contribution in [0.15, 0.2) is 0 Å². The zero-order valence-corrected chi connectivity index (χ0v) is 11.7. The molecule has 96 valence electrons. The summed E-state index contributed by atoms with van der Waals surface area (Å²) in [6, 6.07) is 0.396. The number of hydrogen-bond donors (Lipinski definition) is 0. The van der Waals surface area contributed by atoms with E-state index in [4.69, 9.17) is 11.6 Å². The van der Waals surface area contributed by atoms with Crippen LogP contribution >= 0.6 is 11.6 Å². The van der Waals surface area contributed by atoms with Crippen molar-refractivity contribution in [2.45, 2.75) is 64.3 Å². The molecule has 0 atom stereocenters. The molecule has 4 heteroatoms. The average molecular weight is 256 g/mol. The summed E-state index contributed by atoms with van der Waals surface area (Å²) in [7, 11) is 0. The summed E-state index contributed by atoms with van der Waals surface area (Å²) in [5.74, 6) is 3.97. The molecule has 17 heavy (non-hydrogen) atoms. The van der Waals surface area contributed by atoms with Gasteiger partial charge in [0.2, 0.25) is 0 Å². The molecule has 3 nitrogen and oxygen atoms in total. The van der Waals surface area contributed by atoms with E-state index in [1.165, 1.54) is 25.7 Å². The first-order chi connectivity index (χ1) is 8.13.